The molecule has 3 heterocycles. The highest BCUT2D eigenvalue weighted by molar-refractivity contribution is 7.14. The number of aryl methyl sites for hydroxylation is 1. The molecule has 10 heteroatoms. The van der Waals surface area contributed by atoms with Gasteiger partial charge in [0.1, 0.15) is 11.6 Å². The molecule has 7 nitrogen and oxygen atoms in total. The van der Waals surface area contributed by atoms with E-state index < -0.39 is 11.6 Å². The van der Waals surface area contributed by atoms with E-state index in [-0.39, 0.29) is 11.6 Å². The molecule has 1 N–H and O–H groups in total. The molecule has 0 aliphatic carbocycles. The van der Waals surface area contributed by atoms with Crippen LogP contribution in [0.15, 0.2) is 28.1 Å². The fourth-order valence-corrected chi connectivity index (χ4v) is 3.92. The first-order valence-corrected chi connectivity index (χ1v) is 9.95. The number of urea groups is 1. The predicted octanol–water partition coefficient (Wildman–Crippen LogP) is 4.05. The summed E-state index contributed by atoms with van der Waals surface area (Å²) in [5.74, 6) is -0.895. The highest BCUT2D eigenvalue weighted by Gasteiger charge is 2.24. The minimum absolute atomic E-state index is 0.239. The molecule has 1 fully saturated rings. The van der Waals surface area contributed by atoms with Crippen LogP contribution in [0.3, 0.4) is 0 Å². The number of carbonyl (C=O) groups excluding carboxylic acids is 1. The van der Waals surface area contributed by atoms with Crippen LogP contribution >= 0.6 is 11.3 Å². The summed E-state index contributed by atoms with van der Waals surface area (Å²) in [6.45, 7) is 5.87. The molecule has 0 unspecified atom stereocenters. The van der Waals surface area contributed by atoms with Crippen LogP contribution in [0.5, 0.6) is 0 Å². The van der Waals surface area contributed by atoms with Gasteiger partial charge in [-0.2, -0.15) is 0 Å². The summed E-state index contributed by atoms with van der Waals surface area (Å²) in [5, 5.41) is 9.07. The maximum absolute atomic E-state index is 14.0. The zero-order valence-corrected chi connectivity index (χ0v) is 16.7. The van der Waals surface area contributed by atoms with E-state index in [9.17, 15) is 13.6 Å². The number of nitrogens with zero attached hydrogens (tertiary/aromatic N) is 4. The second-order valence-corrected chi connectivity index (χ2v) is 7.60. The topological polar surface area (TPSA) is 74.5 Å². The monoisotopic (exact) mass is 419 g/mol. The van der Waals surface area contributed by atoms with Crippen LogP contribution in [-0.4, -0.2) is 47.3 Å². The average Bonchev–Trinajstić information content (AvgIpc) is 3.31. The standard InChI is InChI=1S/C19H19F2N5O2S/c1-11-12(2)24-28-17(11)23-18(27)25-5-7-26(8-6-25)19-22-16(10-29-19)14-4-3-13(20)9-15(14)21/h3-4,9-10H,5-8H2,1-2H3,(H,23,27). The Morgan fingerprint density at radius 1 is 1.21 bits per heavy atom. The second-order valence-electron chi connectivity index (χ2n) is 6.77. The number of aromatic nitrogens is 2. The van der Waals surface area contributed by atoms with Crippen molar-refractivity contribution in [3.8, 4) is 11.3 Å². The second kappa shape index (κ2) is 7.78. The summed E-state index contributed by atoms with van der Waals surface area (Å²) in [6, 6.07) is 3.21. The number of carbonyl (C=O) groups is 1. The van der Waals surface area contributed by atoms with Gasteiger partial charge >= 0.3 is 6.03 Å². The third kappa shape index (κ3) is 3.93. The number of benzene rings is 1. The van der Waals surface area contributed by atoms with Crippen molar-refractivity contribution in [1.29, 1.82) is 0 Å². The largest absolute Gasteiger partial charge is 0.345 e. The number of hydrogen-bond donors (Lipinski definition) is 1. The van der Waals surface area contributed by atoms with Gasteiger partial charge in [-0.25, -0.2) is 18.6 Å². The number of hydrogen-bond acceptors (Lipinski definition) is 6. The van der Waals surface area contributed by atoms with E-state index in [0.717, 1.165) is 22.5 Å². The van der Waals surface area contributed by atoms with Gasteiger partial charge in [0.25, 0.3) is 0 Å². The van der Waals surface area contributed by atoms with Crippen LogP contribution in [0.25, 0.3) is 11.3 Å². The maximum atomic E-state index is 14.0. The minimum atomic E-state index is -0.638. The van der Waals surface area contributed by atoms with Crippen molar-refractivity contribution >= 4 is 28.4 Å². The van der Waals surface area contributed by atoms with Gasteiger partial charge in [0.2, 0.25) is 5.88 Å². The predicted molar refractivity (Wildman–Crippen MR) is 106 cm³/mol. The van der Waals surface area contributed by atoms with Crippen LogP contribution in [0.2, 0.25) is 0 Å². The number of halogens is 2. The Bertz CT molecular complexity index is 1040. The maximum Gasteiger partial charge on any atom is 0.324 e. The van der Waals surface area contributed by atoms with Crippen molar-refractivity contribution in [3.63, 3.8) is 0 Å². The Morgan fingerprint density at radius 3 is 2.62 bits per heavy atom. The van der Waals surface area contributed by atoms with Crippen molar-refractivity contribution in [2.75, 3.05) is 36.4 Å². The first kappa shape index (κ1) is 19.3. The first-order valence-electron chi connectivity index (χ1n) is 9.07. The number of nitrogens with one attached hydrogen (secondary N) is 1. The Morgan fingerprint density at radius 2 is 1.97 bits per heavy atom. The van der Waals surface area contributed by atoms with E-state index in [4.69, 9.17) is 4.52 Å². The summed E-state index contributed by atoms with van der Waals surface area (Å²) in [6.07, 6.45) is 0. The molecule has 2 aromatic heterocycles. The van der Waals surface area contributed by atoms with E-state index in [2.05, 4.69) is 15.5 Å². The highest BCUT2D eigenvalue weighted by atomic mass is 32.1. The molecule has 1 saturated heterocycles. The average molecular weight is 419 g/mol. The van der Waals surface area contributed by atoms with Crippen LogP contribution in [0, 0.1) is 25.5 Å². The molecule has 0 bridgehead atoms. The lowest BCUT2D eigenvalue weighted by Crippen LogP contribution is -2.50. The van der Waals surface area contributed by atoms with Gasteiger partial charge in [0, 0.05) is 48.8 Å². The molecule has 29 heavy (non-hydrogen) atoms. The molecule has 3 aromatic rings. The molecule has 0 atom stereocenters. The van der Waals surface area contributed by atoms with E-state index in [0.29, 0.717) is 37.8 Å². The highest BCUT2D eigenvalue weighted by Crippen LogP contribution is 2.30. The zero-order valence-electron chi connectivity index (χ0n) is 15.9. The smallest absolute Gasteiger partial charge is 0.324 e. The first-order chi connectivity index (χ1) is 13.9. The lowest BCUT2D eigenvalue weighted by atomic mass is 10.1. The molecule has 4 rings (SSSR count). The molecule has 0 spiro atoms. The number of thiazole rings is 1. The Labute approximate surface area is 169 Å². The third-order valence-corrected chi connectivity index (χ3v) is 5.82. The molecule has 0 radical (unpaired) electrons. The molecule has 1 aliphatic heterocycles. The summed E-state index contributed by atoms with van der Waals surface area (Å²) in [5.41, 5.74) is 2.28. The lowest BCUT2D eigenvalue weighted by Gasteiger charge is -2.34. The van der Waals surface area contributed by atoms with Gasteiger partial charge < -0.3 is 14.3 Å². The fourth-order valence-electron chi connectivity index (χ4n) is 3.04. The van der Waals surface area contributed by atoms with Crippen molar-refractivity contribution in [3.05, 3.63) is 46.5 Å². The zero-order chi connectivity index (χ0) is 20.5. The van der Waals surface area contributed by atoms with Crippen LogP contribution in [-0.2, 0) is 0 Å². The van der Waals surface area contributed by atoms with Crippen molar-refractivity contribution < 1.29 is 18.1 Å². The number of amides is 2. The van der Waals surface area contributed by atoms with E-state index in [1.54, 1.807) is 10.3 Å². The fraction of sp³-hybridized carbons (Fsp3) is 0.316. The van der Waals surface area contributed by atoms with E-state index in [1.165, 1.54) is 23.5 Å². The van der Waals surface area contributed by atoms with Gasteiger partial charge in [-0.05, 0) is 26.0 Å². The molecular formula is C19H19F2N5O2S. The quantitative estimate of drug-likeness (QED) is 0.693. The van der Waals surface area contributed by atoms with Gasteiger partial charge in [-0.3, -0.25) is 5.32 Å². The Balaban J connectivity index is 1.38. The third-order valence-electron chi connectivity index (χ3n) is 4.91. The van der Waals surface area contributed by atoms with Crippen molar-refractivity contribution in [2.24, 2.45) is 0 Å². The van der Waals surface area contributed by atoms with Gasteiger partial charge in [0.15, 0.2) is 5.13 Å². The summed E-state index contributed by atoms with van der Waals surface area (Å²) >= 11 is 1.39. The number of piperazine rings is 1. The normalized spacial score (nSPS) is 14.3. The van der Waals surface area contributed by atoms with Crippen molar-refractivity contribution in [2.45, 2.75) is 13.8 Å². The summed E-state index contributed by atoms with van der Waals surface area (Å²) in [4.78, 5) is 20.7. The van der Waals surface area contributed by atoms with E-state index >= 15 is 0 Å². The lowest BCUT2D eigenvalue weighted by molar-refractivity contribution is 0.207. The molecule has 152 valence electrons. The molecule has 2 amide bonds. The minimum Gasteiger partial charge on any atom is -0.345 e. The summed E-state index contributed by atoms with van der Waals surface area (Å²) < 4.78 is 32.2. The molecular weight excluding hydrogens is 400 g/mol. The number of rotatable bonds is 3. The SMILES string of the molecule is Cc1noc(NC(=O)N2CCN(c3nc(-c4ccc(F)cc4F)cs3)CC2)c1C. The van der Waals surface area contributed by atoms with Crippen LogP contribution in [0.1, 0.15) is 11.3 Å². The Hall–Kier alpha value is -3.01. The van der Waals surface area contributed by atoms with Crippen LogP contribution < -0.4 is 10.2 Å². The Kier molecular flexibility index (Phi) is 5.18. The molecule has 0 saturated carbocycles. The van der Waals surface area contributed by atoms with E-state index in [1.807, 2.05) is 18.7 Å². The van der Waals surface area contributed by atoms with Gasteiger partial charge in [-0.1, -0.05) is 5.16 Å². The van der Waals surface area contributed by atoms with Crippen LogP contribution in [0.4, 0.5) is 24.6 Å². The number of anilines is 2. The van der Waals surface area contributed by atoms with Gasteiger partial charge in [0.05, 0.1) is 11.4 Å². The van der Waals surface area contributed by atoms with Crippen molar-refractivity contribution in [1.82, 2.24) is 15.0 Å². The summed E-state index contributed by atoms with van der Waals surface area (Å²) in [7, 11) is 0. The van der Waals surface area contributed by atoms with Gasteiger partial charge in [-0.15, -0.1) is 11.3 Å². The molecule has 1 aromatic carbocycles. The molecule has 1 aliphatic rings.